The predicted molar refractivity (Wildman–Crippen MR) is 65.1 cm³/mol. The molecule has 2 rings (SSSR count). The van der Waals surface area contributed by atoms with Gasteiger partial charge in [0.05, 0.1) is 6.54 Å². The quantitative estimate of drug-likeness (QED) is 0.594. The van der Waals surface area contributed by atoms with Crippen molar-refractivity contribution in [3.63, 3.8) is 0 Å². The predicted octanol–water partition coefficient (Wildman–Crippen LogP) is 1.35. The molecule has 0 aromatic carbocycles. The van der Waals surface area contributed by atoms with Gasteiger partial charge in [0.15, 0.2) is 5.96 Å². The number of nitrogens with zero attached hydrogens (tertiary/aromatic N) is 2. The van der Waals surface area contributed by atoms with E-state index < -0.39 is 0 Å². The van der Waals surface area contributed by atoms with Crippen molar-refractivity contribution >= 4 is 5.96 Å². The first-order chi connectivity index (χ1) is 7.74. The fraction of sp³-hybridized carbons (Fsp3) is 0.500. The molecule has 86 valence electrons. The Morgan fingerprint density at radius 1 is 1.62 bits per heavy atom. The molecule has 0 radical (unpaired) electrons. The van der Waals surface area contributed by atoms with E-state index in [-0.39, 0.29) is 0 Å². The van der Waals surface area contributed by atoms with Gasteiger partial charge in [0.2, 0.25) is 0 Å². The van der Waals surface area contributed by atoms with E-state index in [0.717, 1.165) is 11.3 Å². The van der Waals surface area contributed by atoms with E-state index in [1.807, 2.05) is 19.1 Å². The zero-order valence-corrected chi connectivity index (χ0v) is 9.61. The van der Waals surface area contributed by atoms with Crippen LogP contribution in [0.5, 0.6) is 0 Å². The molecular formula is C12H18N4. The zero-order valence-electron chi connectivity index (χ0n) is 9.61. The van der Waals surface area contributed by atoms with Gasteiger partial charge in [0.1, 0.15) is 0 Å². The summed E-state index contributed by atoms with van der Waals surface area (Å²) in [5.74, 6) is 0.555. The van der Waals surface area contributed by atoms with E-state index >= 15 is 0 Å². The third-order valence-electron chi connectivity index (χ3n) is 2.85. The van der Waals surface area contributed by atoms with Gasteiger partial charge >= 0.3 is 0 Å². The molecule has 0 spiro atoms. The first-order valence-electron chi connectivity index (χ1n) is 5.72. The van der Waals surface area contributed by atoms with Crippen molar-refractivity contribution in [1.82, 2.24) is 10.3 Å². The van der Waals surface area contributed by atoms with Gasteiger partial charge in [-0.25, -0.2) is 4.99 Å². The smallest absolute Gasteiger partial charge is 0.189 e. The Morgan fingerprint density at radius 3 is 3.06 bits per heavy atom. The molecule has 0 unspecified atom stereocenters. The molecule has 0 amide bonds. The van der Waals surface area contributed by atoms with Crippen LogP contribution in [0, 0.1) is 6.92 Å². The van der Waals surface area contributed by atoms with Crippen LogP contribution < -0.4 is 11.1 Å². The van der Waals surface area contributed by atoms with Crippen molar-refractivity contribution < 1.29 is 0 Å². The summed E-state index contributed by atoms with van der Waals surface area (Å²) in [6.45, 7) is 2.60. The largest absolute Gasteiger partial charge is 0.370 e. The van der Waals surface area contributed by atoms with Crippen molar-refractivity contribution in [3.05, 3.63) is 29.6 Å². The summed E-state index contributed by atoms with van der Waals surface area (Å²) in [5, 5.41) is 3.21. The van der Waals surface area contributed by atoms with Crippen molar-refractivity contribution in [2.24, 2.45) is 10.7 Å². The summed E-state index contributed by atoms with van der Waals surface area (Å²) in [6, 6.07) is 4.54. The molecule has 1 saturated carbocycles. The topological polar surface area (TPSA) is 63.3 Å². The van der Waals surface area contributed by atoms with Crippen LogP contribution in [-0.2, 0) is 6.54 Å². The Kier molecular flexibility index (Phi) is 3.39. The number of guanidine groups is 1. The Balaban J connectivity index is 1.86. The minimum Gasteiger partial charge on any atom is -0.370 e. The van der Waals surface area contributed by atoms with Crippen molar-refractivity contribution in [1.29, 1.82) is 0 Å². The summed E-state index contributed by atoms with van der Waals surface area (Å²) in [4.78, 5) is 8.46. The first kappa shape index (κ1) is 10.9. The second kappa shape index (κ2) is 4.96. The van der Waals surface area contributed by atoms with Gasteiger partial charge < -0.3 is 11.1 Å². The molecule has 0 bridgehead atoms. The Bertz CT molecular complexity index is 382. The molecule has 1 aliphatic rings. The van der Waals surface area contributed by atoms with Crippen molar-refractivity contribution in [2.45, 2.75) is 38.8 Å². The molecule has 1 fully saturated rings. The summed E-state index contributed by atoms with van der Waals surface area (Å²) in [7, 11) is 0. The highest BCUT2D eigenvalue weighted by molar-refractivity contribution is 5.78. The van der Waals surface area contributed by atoms with Crippen LogP contribution in [0.1, 0.15) is 30.5 Å². The minimum atomic E-state index is 0.544. The maximum absolute atomic E-state index is 5.79. The first-order valence-corrected chi connectivity index (χ1v) is 5.72. The molecule has 1 aromatic rings. The molecule has 1 aliphatic carbocycles. The van der Waals surface area contributed by atoms with E-state index in [4.69, 9.17) is 5.73 Å². The Labute approximate surface area is 96.0 Å². The maximum Gasteiger partial charge on any atom is 0.189 e. The summed E-state index contributed by atoms with van der Waals surface area (Å²) >= 11 is 0. The van der Waals surface area contributed by atoms with Crippen LogP contribution in [0.15, 0.2) is 23.3 Å². The van der Waals surface area contributed by atoms with E-state index in [0.29, 0.717) is 18.5 Å². The zero-order chi connectivity index (χ0) is 11.4. The number of nitrogens with one attached hydrogen (secondary N) is 1. The number of pyridine rings is 1. The number of rotatable bonds is 3. The monoisotopic (exact) mass is 218 g/mol. The number of aryl methyl sites for hydroxylation is 1. The van der Waals surface area contributed by atoms with Crippen molar-refractivity contribution in [2.75, 3.05) is 0 Å². The number of nitrogens with two attached hydrogens (primary N) is 1. The third kappa shape index (κ3) is 2.95. The summed E-state index contributed by atoms with van der Waals surface area (Å²) in [6.07, 6.45) is 5.53. The molecule has 4 nitrogen and oxygen atoms in total. The molecule has 3 N–H and O–H groups in total. The normalized spacial score (nSPS) is 16.9. The lowest BCUT2D eigenvalue weighted by atomic mass is 9.93. The van der Waals surface area contributed by atoms with Gasteiger partial charge in [0, 0.05) is 17.9 Å². The van der Waals surface area contributed by atoms with E-state index in [2.05, 4.69) is 15.3 Å². The van der Waals surface area contributed by atoms with E-state index in [1.165, 1.54) is 19.3 Å². The summed E-state index contributed by atoms with van der Waals surface area (Å²) in [5.41, 5.74) is 7.95. The lowest BCUT2D eigenvalue weighted by molar-refractivity contribution is 0.382. The van der Waals surface area contributed by atoms with Crippen LogP contribution in [0.3, 0.4) is 0 Å². The molecule has 16 heavy (non-hydrogen) atoms. The van der Waals surface area contributed by atoms with Gasteiger partial charge in [-0.15, -0.1) is 0 Å². The van der Waals surface area contributed by atoms with Crippen molar-refractivity contribution in [3.8, 4) is 0 Å². The molecule has 0 aliphatic heterocycles. The fourth-order valence-corrected chi connectivity index (χ4v) is 1.69. The van der Waals surface area contributed by atoms with Crippen LogP contribution in [0.4, 0.5) is 0 Å². The minimum absolute atomic E-state index is 0.544. The molecule has 4 heteroatoms. The van der Waals surface area contributed by atoms with Gasteiger partial charge in [0.25, 0.3) is 0 Å². The van der Waals surface area contributed by atoms with Crippen LogP contribution in [0.2, 0.25) is 0 Å². The van der Waals surface area contributed by atoms with Gasteiger partial charge in [-0.2, -0.15) is 0 Å². The lowest BCUT2D eigenvalue weighted by Gasteiger charge is -2.26. The SMILES string of the molecule is Cc1cc(CN=C(N)NC2CCC2)ccn1. The number of aliphatic imine (C=N–C) groups is 1. The van der Waals surface area contributed by atoms with Gasteiger partial charge in [-0.3, -0.25) is 4.98 Å². The van der Waals surface area contributed by atoms with E-state index in [9.17, 15) is 0 Å². The van der Waals surface area contributed by atoms with Gasteiger partial charge in [-0.05, 0) is 43.9 Å². The standard InChI is InChI=1S/C12H18N4/c1-9-7-10(5-6-14-9)8-15-12(13)16-11-3-2-4-11/h5-7,11H,2-4,8H2,1H3,(H3,13,15,16). The lowest BCUT2D eigenvalue weighted by Crippen LogP contribution is -2.43. The molecular weight excluding hydrogens is 200 g/mol. The number of hydrogen-bond acceptors (Lipinski definition) is 2. The summed E-state index contributed by atoms with van der Waals surface area (Å²) < 4.78 is 0. The molecule has 0 saturated heterocycles. The average Bonchev–Trinajstić information content (AvgIpc) is 2.21. The Morgan fingerprint density at radius 2 is 2.44 bits per heavy atom. The highest BCUT2D eigenvalue weighted by Crippen LogP contribution is 2.17. The second-order valence-electron chi connectivity index (χ2n) is 4.28. The average molecular weight is 218 g/mol. The highest BCUT2D eigenvalue weighted by Gasteiger charge is 2.16. The maximum atomic E-state index is 5.79. The van der Waals surface area contributed by atoms with Gasteiger partial charge in [-0.1, -0.05) is 0 Å². The highest BCUT2D eigenvalue weighted by atomic mass is 15.1. The molecule has 1 heterocycles. The molecule has 0 atom stereocenters. The number of hydrogen-bond donors (Lipinski definition) is 2. The van der Waals surface area contributed by atoms with E-state index in [1.54, 1.807) is 6.20 Å². The fourth-order valence-electron chi connectivity index (χ4n) is 1.69. The second-order valence-corrected chi connectivity index (χ2v) is 4.28. The van der Waals surface area contributed by atoms with Crippen LogP contribution in [0.25, 0.3) is 0 Å². The third-order valence-corrected chi connectivity index (χ3v) is 2.85. The molecule has 1 aromatic heterocycles. The van der Waals surface area contributed by atoms with Crippen LogP contribution >= 0.6 is 0 Å². The number of aromatic nitrogens is 1. The Hall–Kier alpha value is -1.58. The van der Waals surface area contributed by atoms with Crippen LogP contribution in [-0.4, -0.2) is 17.0 Å².